The zero-order chi connectivity index (χ0) is 12.8. The lowest BCUT2D eigenvalue weighted by Crippen LogP contribution is -2.49. The van der Waals surface area contributed by atoms with Gasteiger partial charge in [-0.1, -0.05) is 30.3 Å². The smallest absolute Gasteiger partial charge is 0.239 e. The van der Waals surface area contributed by atoms with E-state index in [9.17, 15) is 9.59 Å². The summed E-state index contributed by atoms with van der Waals surface area (Å²) in [6.07, 6.45) is 0.429. The summed E-state index contributed by atoms with van der Waals surface area (Å²) in [7, 11) is 0. The average Bonchev–Trinajstić information content (AvgIpc) is 2.29. The zero-order valence-corrected chi connectivity index (χ0v) is 9.72. The van der Waals surface area contributed by atoms with Crippen molar-refractivity contribution in [3.05, 3.63) is 35.9 Å². The number of hydrogen-bond acceptors (Lipinski definition) is 3. The Hall–Kier alpha value is -1.88. The first-order chi connectivity index (χ1) is 8.00. The molecule has 0 bridgehead atoms. The van der Waals surface area contributed by atoms with Crippen molar-refractivity contribution in [3.63, 3.8) is 0 Å². The van der Waals surface area contributed by atoms with E-state index in [0.29, 0.717) is 6.42 Å². The van der Waals surface area contributed by atoms with Gasteiger partial charge in [-0.25, -0.2) is 0 Å². The molecule has 1 aromatic carbocycles. The minimum Gasteiger partial charge on any atom is -0.368 e. The second-order valence-corrected chi connectivity index (χ2v) is 3.93. The molecular weight excluding hydrogens is 218 g/mol. The number of primary amides is 1. The number of nitrogens with one attached hydrogen (secondary N) is 1. The number of nitrogens with two attached hydrogens (primary N) is 2. The molecule has 5 nitrogen and oxygen atoms in total. The van der Waals surface area contributed by atoms with Gasteiger partial charge in [-0.05, 0) is 18.9 Å². The highest BCUT2D eigenvalue weighted by Crippen LogP contribution is 2.02. The third-order valence-corrected chi connectivity index (χ3v) is 2.42. The Morgan fingerprint density at radius 2 is 1.88 bits per heavy atom. The molecule has 0 aromatic heterocycles. The van der Waals surface area contributed by atoms with Gasteiger partial charge in [0, 0.05) is 0 Å². The molecule has 0 fully saturated rings. The fraction of sp³-hybridized carbons (Fsp3) is 0.333. The second-order valence-electron chi connectivity index (χ2n) is 3.93. The number of benzene rings is 1. The third kappa shape index (κ3) is 4.24. The normalized spacial score (nSPS) is 13.8. The predicted molar refractivity (Wildman–Crippen MR) is 64.9 cm³/mol. The molecule has 0 spiro atoms. The molecule has 0 aliphatic heterocycles. The molecule has 1 unspecified atom stereocenters. The maximum Gasteiger partial charge on any atom is 0.239 e. The Morgan fingerprint density at radius 3 is 2.41 bits per heavy atom. The van der Waals surface area contributed by atoms with Crippen LogP contribution in [0.1, 0.15) is 12.5 Å². The van der Waals surface area contributed by atoms with Crippen molar-refractivity contribution in [2.75, 3.05) is 0 Å². The Morgan fingerprint density at radius 1 is 1.29 bits per heavy atom. The summed E-state index contributed by atoms with van der Waals surface area (Å²) in [5.74, 6) is -0.953. The van der Waals surface area contributed by atoms with Gasteiger partial charge in [0.25, 0.3) is 0 Å². The van der Waals surface area contributed by atoms with Crippen LogP contribution in [0.25, 0.3) is 0 Å². The minimum absolute atomic E-state index is 0.375. The van der Waals surface area contributed by atoms with Gasteiger partial charge < -0.3 is 16.8 Å². The lowest BCUT2D eigenvalue weighted by Gasteiger charge is -2.15. The summed E-state index contributed by atoms with van der Waals surface area (Å²) in [6, 6.07) is 8.06. The van der Waals surface area contributed by atoms with Crippen LogP contribution < -0.4 is 16.8 Å². The SMILES string of the molecule is CC(NC(=O)[C@@H](N)Cc1ccccc1)C(N)=O. The fourth-order valence-corrected chi connectivity index (χ4v) is 1.35. The highest BCUT2D eigenvalue weighted by Gasteiger charge is 2.18. The van der Waals surface area contributed by atoms with Gasteiger partial charge in [-0.2, -0.15) is 0 Å². The zero-order valence-electron chi connectivity index (χ0n) is 9.72. The van der Waals surface area contributed by atoms with Crippen molar-refractivity contribution in [2.45, 2.75) is 25.4 Å². The Bertz CT molecular complexity index is 392. The Balaban J connectivity index is 2.50. The number of carbonyl (C=O) groups excluding carboxylic acids is 2. The highest BCUT2D eigenvalue weighted by atomic mass is 16.2. The third-order valence-electron chi connectivity index (χ3n) is 2.42. The van der Waals surface area contributed by atoms with E-state index in [4.69, 9.17) is 11.5 Å². The van der Waals surface area contributed by atoms with Crippen LogP contribution in [0, 0.1) is 0 Å². The first-order valence-corrected chi connectivity index (χ1v) is 5.40. The van der Waals surface area contributed by atoms with Crippen LogP contribution in [0.4, 0.5) is 0 Å². The predicted octanol–water partition coefficient (Wildman–Crippen LogP) is -0.454. The minimum atomic E-state index is -0.704. The van der Waals surface area contributed by atoms with E-state index < -0.39 is 18.0 Å². The molecule has 0 aliphatic carbocycles. The molecule has 2 amide bonds. The molecule has 0 saturated heterocycles. The lowest BCUT2D eigenvalue weighted by atomic mass is 10.1. The molecule has 0 aliphatic rings. The molecule has 0 saturated carbocycles. The topological polar surface area (TPSA) is 98.2 Å². The lowest BCUT2D eigenvalue weighted by molar-refractivity contribution is -0.127. The van der Waals surface area contributed by atoms with Gasteiger partial charge >= 0.3 is 0 Å². The van der Waals surface area contributed by atoms with Gasteiger partial charge in [-0.15, -0.1) is 0 Å². The molecule has 1 rings (SSSR count). The molecule has 17 heavy (non-hydrogen) atoms. The van der Waals surface area contributed by atoms with Crippen LogP contribution in [0.5, 0.6) is 0 Å². The van der Waals surface area contributed by atoms with Gasteiger partial charge in [0.05, 0.1) is 6.04 Å². The van der Waals surface area contributed by atoms with Gasteiger partial charge in [0.15, 0.2) is 0 Å². The quantitative estimate of drug-likeness (QED) is 0.644. The van der Waals surface area contributed by atoms with Crippen LogP contribution in [0.2, 0.25) is 0 Å². The van der Waals surface area contributed by atoms with Crippen molar-refractivity contribution in [1.29, 1.82) is 0 Å². The Labute approximate surface area is 100 Å². The number of carbonyl (C=O) groups is 2. The van der Waals surface area contributed by atoms with Crippen LogP contribution in [-0.4, -0.2) is 23.9 Å². The number of hydrogen-bond donors (Lipinski definition) is 3. The summed E-state index contributed by atoms with van der Waals surface area (Å²) < 4.78 is 0. The number of amides is 2. The molecule has 5 heteroatoms. The van der Waals surface area contributed by atoms with Crippen molar-refractivity contribution in [3.8, 4) is 0 Å². The van der Waals surface area contributed by atoms with Gasteiger partial charge in [-0.3, -0.25) is 9.59 Å². The maximum atomic E-state index is 11.6. The first-order valence-electron chi connectivity index (χ1n) is 5.40. The summed E-state index contributed by atoms with van der Waals surface area (Å²) in [5, 5.41) is 2.46. The maximum absolute atomic E-state index is 11.6. The van der Waals surface area contributed by atoms with Gasteiger partial charge in [0.2, 0.25) is 11.8 Å². The van der Waals surface area contributed by atoms with E-state index in [2.05, 4.69) is 5.32 Å². The van der Waals surface area contributed by atoms with Crippen LogP contribution in [0.15, 0.2) is 30.3 Å². The largest absolute Gasteiger partial charge is 0.368 e. The monoisotopic (exact) mass is 235 g/mol. The van der Waals surface area contributed by atoms with Crippen LogP contribution in [0.3, 0.4) is 0 Å². The molecule has 5 N–H and O–H groups in total. The number of rotatable bonds is 5. The van der Waals surface area contributed by atoms with Crippen LogP contribution >= 0.6 is 0 Å². The summed E-state index contributed by atoms with van der Waals surface area (Å²) in [4.78, 5) is 22.4. The van der Waals surface area contributed by atoms with E-state index >= 15 is 0 Å². The van der Waals surface area contributed by atoms with Crippen molar-refractivity contribution < 1.29 is 9.59 Å². The summed E-state index contributed by atoms with van der Waals surface area (Å²) in [5.41, 5.74) is 11.7. The van der Waals surface area contributed by atoms with Crippen molar-refractivity contribution in [2.24, 2.45) is 11.5 Å². The van der Waals surface area contributed by atoms with E-state index in [1.165, 1.54) is 6.92 Å². The summed E-state index contributed by atoms with van der Waals surface area (Å²) >= 11 is 0. The molecule has 2 atom stereocenters. The van der Waals surface area contributed by atoms with Gasteiger partial charge in [0.1, 0.15) is 6.04 Å². The standard InChI is InChI=1S/C12H17N3O2/c1-8(11(14)16)15-12(17)10(13)7-9-5-3-2-4-6-9/h2-6,8,10H,7,13H2,1H3,(H2,14,16)(H,15,17)/t8?,10-/m0/s1. The van der Waals surface area contributed by atoms with E-state index in [1.807, 2.05) is 30.3 Å². The molecule has 0 heterocycles. The second kappa shape index (κ2) is 6.00. The van der Waals surface area contributed by atoms with Crippen molar-refractivity contribution in [1.82, 2.24) is 5.32 Å². The first kappa shape index (κ1) is 13.2. The summed E-state index contributed by atoms with van der Waals surface area (Å²) in [6.45, 7) is 1.52. The van der Waals surface area contributed by atoms with Crippen molar-refractivity contribution >= 4 is 11.8 Å². The van der Waals surface area contributed by atoms with E-state index in [0.717, 1.165) is 5.56 Å². The van der Waals surface area contributed by atoms with E-state index in [-0.39, 0.29) is 5.91 Å². The molecule has 92 valence electrons. The van der Waals surface area contributed by atoms with E-state index in [1.54, 1.807) is 0 Å². The molecule has 1 aromatic rings. The fourth-order valence-electron chi connectivity index (χ4n) is 1.35. The molecule has 0 radical (unpaired) electrons. The van der Waals surface area contributed by atoms with Crippen LogP contribution in [-0.2, 0) is 16.0 Å². The highest BCUT2D eigenvalue weighted by molar-refractivity contribution is 5.88. The average molecular weight is 235 g/mol. The Kier molecular flexibility index (Phi) is 4.66. The molecular formula is C12H17N3O2.